The summed E-state index contributed by atoms with van der Waals surface area (Å²) in [5.74, 6) is -3.40. The Morgan fingerprint density at radius 2 is 0.757 bits per heavy atom. The molecule has 4 N–H and O–H groups in total. The summed E-state index contributed by atoms with van der Waals surface area (Å²) in [6.07, 6.45) is 0. The minimum absolute atomic E-state index is 0. The molecule has 0 unspecified atom stereocenters. The molecular weight excluding hydrogens is 526 g/mol. The van der Waals surface area contributed by atoms with Gasteiger partial charge in [0.2, 0.25) is 0 Å². The van der Waals surface area contributed by atoms with E-state index in [9.17, 15) is 29.4 Å². The second-order valence-corrected chi connectivity index (χ2v) is 7.50. The summed E-state index contributed by atoms with van der Waals surface area (Å²) < 4.78 is 0. The predicted octanol–water partition coefficient (Wildman–Crippen LogP) is 1.72. The molecule has 0 heterocycles. The Morgan fingerprint density at radius 3 is 1.05 bits per heavy atom. The van der Waals surface area contributed by atoms with E-state index >= 15 is 0 Å². The third kappa shape index (κ3) is 6.74. The summed E-state index contributed by atoms with van der Waals surface area (Å²) in [5.41, 5.74) is 12.2. The second-order valence-electron chi connectivity index (χ2n) is 7.50. The number of anilines is 2. The Balaban J connectivity index is 0.000000253. The zero-order valence-corrected chi connectivity index (χ0v) is 22.5. The van der Waals surface area contributed by atoms with Crippen LogP contribution in [0.3, 0.4) is 0 Å². The Kier molecular flexibility index (Phi) is 9.98. The van der Waals surface area contributed by atoms with Crippen molar-refractivity contribution >= 4 is 34.9 Å². The van der Waals surface area contributed by atoms with Gasteiger partial charge in [-0.15, -0.1) is 0 Å². The molecule has 0 amide bonds. The van der Waals surface area contributed by atoms with Gasteiger partial charge in [-0.1, -0.05) is 84.9 Å². The zero-order chi connectivity index (χ0) is 26.2. The van der Waals surface area contributed by atoms with Gasteiger partial charge in [-0.3, -0.25) is 9.59 Å². The van der Waals surface area contributed by atoms with Crippen molar-refractivity contribution in [3.63, 3.8) is 0 Å². The minimum Gasteiger partial charge on any atom is -0.545 e. The fraction of sp³-hybridized carbons (Fsp3) is 0. The van der Waals surface area contributed by atoms with E-state index in [0.717, 1.165) is 0 Å². The van der Waals surface area contributed by atoms with E-state index < -0.39 is 11.9 Å². The van der Waals surface area contributed by atoms with E-state index in [1.807, 2.05) is 0 Å². The summed E-state index contributed by atoms with van der Waals surface area (Å²) in [4.78, 5) is 46.0. The van der Waals surface area contributed by atoms with Gasteiger partial charge in [0, 0.05) is 33.4 Å². The normalized spacial score (nSPS) is 9.73. The molecule has 4 aromatic carbocycles. The van der Waals surface area contributed by atoms with Gasteiger partial charge >= 0.3 is 19.5 Å². The number of aromatic carboxylic acids is 2. The van der Waals surface area contributed by atoms with Crippen molar-refractivity contribution in [2.45, 2.75) is 0 Å². The van der Waals surface area contributed by atoms with Gasteiger partial charge < -0.3 is 31.3 Å². The van der Waals surface area contributed by atoms with Crippen molar-refractivity contribution in [2.75, 3.05) is 11.5 Å². The van der Waals surface area contributed by atoms with Crippen LogP contribution in [0.5, 0.6) is 0 Å². The van der Waals surface area contributed by atoms with Crippen LogP contribution >= 0.6 is 0 Å². The quantitative estimate of drug-likeness (QED) is 0.210. The molecule has 180 valence electrons. The smallest absolute Gasteiger partial charge is 0.545 e. The molecule has 4 rings (SSSR count). The molecule has 0 bridgehead atoms. The van der Waals surface area contributed by atoms with E-state index in [1.165, 1.54) is 36.4 Å². The average Bonchev–Trinajstić information content (AvgIpc) is 2.89. The van der Waals surface area contributed by atoms with Gasteiger partial charge in [0.15, 0.2) is 11.6 Å². The first-order valence-electron chi connectivity index (χ1n) is 10.6. The molecular formula is C28H20N2O6Zn. The summed E-state index contributed by atoms with van der Waals surface area (Å²) in [6, 6.07) is 25.6. The standard InChI is InChI=1S/2C14H11NO3.Zn/c2*15-12-10(7-4-8-11(12)14(17)18)13(16)9-5-2-1-3-6-9;/h2*1-8H,15H2,(H,17,18);/q;;+2/p-2. The fourth-order valence-corrected chi connectivity index (χ4v) is 3.37. The van der Waals surface area contributed by atoms with Crippen LogP contribution < -0.4 is 21.7 Å². The number of nitrogens with two attached hydrogens (primary N) is 2. The molecule has 0 atom stereocenters. The predicted molar refractivity (Wildman–Crippen MR) is 130 cm³/mol. The van der Waals surface area contributed by atoms with E-state index in [1.54, 1.807) is 60.7 Å². The van der Waals surface area contributed by atoms with Crippen LogP contribution in [-0.4, -0.2) is 23.5 Å². The van der Waals surface area contributed by atoms with Crippen LogP contribution in [-0.2, 0) is 19.5 Å². The van der Waals surface area contributed by atoms with Crippen molar-refractivity contribution < 1.29 is 48.9 Å². The monoisotopic (exact) mass is 544 g/mol. The van der Waals surface area contributed by atoms with Crippen molar-refractivity contribution in [1.82, 2.24) is 0 Å². The molecule has 4 aromatic rings. The number of carbonyl (C=O) groups is 4. The molecule has 9 heteroatoms. The molecule has 0 spiro atoms. The molecule has 37 heavy (non-hydrogen) atoms. The molecule has 0 fully saturated rings. The van der Waals surface area contributed by atoms with Crippen molar-refractivity contribution in [3.8, 4) is 0 Å². The number of para-hydroxylation sites is 2. The number of nitrogen functional groups attached to an aromatic ring is 2. The number of ketones is 2. The Morgan fingerprint density at radius 1 is 0.459 bits per heavy atom. The number of carboxylic acid groups (broad SMARTS) is 2. The molecule has 0 aliphatic heterocycles. The SMILES string of the molecule is Nc1c(C(=O)[O-])cccc1C(=O)c1ccccc1.Nc1c(C(=O)[O-])cccc1C(=O)c1ccccc1.[Zn+2]. The molecule has 0 aliphatic rings. The van der Waals surface area contributed by atoms with E-state index in [2.05, 4.69) is 0 Å². The number of carboxylic acids is 2. The number of benzene rings is 4. The summed E-state index contributed by atoms with van der Waals surface area (Å²) in [5, 5.41) is 21.7. The maximum absolute atomic E-state index is 12.1. The Bertz CT molecular complexity index is 1330. The molecule has 8 nitrogen and oxygen atoms in total. The van der Waals surface area contributed by atoms with Crippen LogP contribution in [0.15, 0.2) is 97.1 Å². The van der Waals surface area contributed by atoms with Crippen LogP contribution in [0.25, 0.3) is 0 Å². The number of hydrogen-bond acceptors (Lipinski definition) is 8. The van der Waals surface area contributed by atoms with Crippen molar-refractivity contribution in [3.05, 3.63) is 130 Å². The third-order valence-electron chi connectivity index (χ3n) is 5.21. The van der Waals surface area contributed by atoms with Crippen LogP contribution in [0.4, 0.5) is 11.4 Å². The topological polar surface area (TPSA) is 166 Å². The van der Waals surface area contributed by atoms with Gasteiger partial charge in [-0.25, -0.2) is 0 Å². The Labute approximate surface area is 225 Å². The third-order valence-corrected chi connectivity index (χ3v) is 5.21. The van der Waals surface area contributed by atoms with E-state index in [-0.39, 0.29) is 64.7 Å². The van der Waals surface area contributed by atoms with Crippen molar-refractivity contribution in [1.29, 1.82) is 0 Å². The van der Waals surface area contributed by atoms with Crippen molar-refractivity contribution in [2.24, 2.45) is 0 Å². The Hall–Kier alpha value is -4.62. The number of hydrogen-bond donors (Lipinski definition) is 2. The first-order valence-corrected chi connectivity index (χ1v) is 10.6. The van der Waals surface area contributed by atoms with Gasteiger partial charge in [0.05, 0.1) is 23.3 Å². The number of rotatable bonds is 6. The van der Waals surface area contributed by atoms with Gasteiger partial charge in [-0.05, 0) is 12.1 Å². The molecule has 0 aromatic heterocycles. The second kappa shape index (κ2) is 12.9. The molecule has 0 saturated heterocycles. The summed E-state index contributed by atoms with van der Waals surface area (Å²) in [6.45, 7) is 0. The van der Waals surface area contributed by atoms with Gasteiger partial charge in [0.1, 0.15) is 0 Å². The maximum Gasteiger partial charge on any atom is 2.00 e. The fourth-order valence-electron chi connectivity index (χ4n) is 3.37. The molecule has 0 saturated carbocycles. The van der Waals surface area contributed by atoms with Crippen LogP contribution in [0.1, 0.15) is 52.6 Å². The first-order chi connectivity index (χ1) is 17.2. The van der Waals surface area contributed by atoms with Crippen LogP contribution in [0, 0.1) is 0 Å². The zero-order valence-electron chi connectivity index (χ0n) is 19.5. The molecule has 0 aliphatic carbocycles. The maximum atomic E-state index is 12.1. The van der Waals surface area contributed by atoms with Gasteiger partial charge in [-0.2, -0.15) is 0 Å². The number of carbonyl (C=O) groups excluding carboxylic acids is 4. The van der Waals surface area contributed by atoms with Crippen LogP contribution in [0.2, 0.25) is 0 Å². The van der Waals surface area contributed by atoms with E-state index in [4.69, 9.17) is 11.5 Å². The summed E-state index contributed by atoms with van der Waals surface area (Å²) in [7, 11) is 0. The first kappa shape index (κ1) is 28.6. The van der Waals surface area contributed by atoms with E-state index in [0.29, 0.717) is 11.1 Å². The minimum atomic E-state index is -1.39. The average molecular weight is 546 g/mol. The van der Waals surface area contributed by atoms with Gasteiger partial charge in [0.25, 0.3) is 0 Å². The summed E-state index contributed by atoms with van der Waals surface area (Å²) >= 11 is 0. The molecule has 0 radical (unpaired) electrons. The largest absolute Gasteiger partial charge is 2.00 e.